The van der Waals surface area contributed by atoms with Crippen LogP contribution < -0.4 is 0 Å². The predicted octanol–water partition coefficient (Wildman–Crippen LogP) is 2.39. The van der Waals surface area contributed by atoms with E-state index in [1.54, 1.807) is 0 Å². The molecule has 0 radical (unpaired) electrons. The van der Waals surface area contributed by atoms with Crippen LogP contribution in [0.15, 0.2) is 0 Å². The zero-order chi connectivity index (χ0) is 10.8. The summed E-state index contributed by atoms with van der Waals surface area (Å²) >= 11 is 0. The molecule has 0 bridgehead atoms. The van der Waals surface area contributed by atoms with E-state index in [1.807, 2.05) is 6.92 Å². The minimum Gasteiger partial charge on any atom is -0.469 e. The van der Waals surface area contributed by atoms with Crippen LogP contribution in [0.4, 0.5) is 0 Å². The highest BCUT2D eigenvalue weighted by Crippen LogP contribution is 2.07. The molecule has 84 valence electrons. The zero-order valence-electron chi connectivity index (χ0n) is 9.54. The first-order chi connectivity index (χ1) is 6.72. The molecule has 3 nitrogen and oxygen atoms in total. The van der Waals surface area contributed by atoms with Gasteiger partial charge in [0.1, 0.15) is 0 Å². The number of esters is 1. The van der Waals surface area contributed by atoms with E-state index in [-0.39, 0.29) is 11.9 Å². The number of carbonyl (C=O) groups is 1. The Hall–Kier alpha value is -0.570. The van der Waals surface area contributed by atoms with Crippen LogP contribution in [0.3, 0.4) is 0 Å². The maximum absolute atomic E-state index is 11.0. The van der Waals surface area contributed by atoms with Crippen molar-refractivity contribution in [1.29, 1.82) is 0 Å². The molecule has 0 aliphatic carbocycles. The number of hydrogen-bond acceptors (Lipinski definition) is 3. The van der Waals surface area contributed by atoms with Crippen LogP contribution in [-0.4, -0.2) is 26.3 Å². The molecule has 0 saturated carbocycles. The Morgan fingerprint density at radius 3 is 2.50 bits per heavy atom. The smallest absolute Gasteiger partial charge is 0.308 e. The number of carbonyl (C=O) groups excluding carboxylic acids is 1. The number of hydrogen-bond donors (Lipinski definition) is 0. The van der Waals surface area contributed by atoms with Crippen molar-refractivity contribution in [3.05, 3.63) is 0 Å². The maximum Gasteiger partial charge on any atom is 0.308 e. The number of rotatable bonds is 8. The fraction of sp³-hybridized carbons (Fsp3) is 0.909. The van der Waals surface area contributed by atoms with Crippen molar-refractivity contribution in [3.8, 4) is 0 Å². The summed E-state index contributed by atoms with van der Waals surface area (Å²) in [5, 5.41) is 0. The zero-order valence-corrected chi connectivity index (χ0v) is 9.54. The average Bonchev–Trinajstić information content (AvgIpc) is 2.21. The summed E-state index contributed by atoms with van der Waals surface area (Å²) in [5.41, 5.74) is 0. The van der Waals surface area contributed by atoms with Crippen LogP contribution in [0.2, 0.25) is 0 Å². The maximum atomic E-state index is 11.0. The van der Waals surface area contributed by atoms with Crippen molar-refractivity contribution < 1.29 is 14.3 Å². The molecule has 0 saturated heterocycles. The fourth-order valence-corrected chi connectivity index (χ4v) is 1.16. The second kappa shape index (κ2) is 9.00. The van der Waals surface area contributed by atoms with Crippen molar-refractivity contribution in [3.63, 3.8) is 0 Å². The van der Waals surface area contributed by atoms with Crippen molar-refractivity contribution in [1.82, 2.24) is 0 Å². The van der Waals surface area contributed by atoms with E-state index in [0.29, 0.717) is 0 Å². The Kier molecular flexibility index (Phi) is 8.64. The number of unbranched alkanes of at least 4 members (excludes halogenated alkanes) is 1. The minimum atomic E-state index is -0.126. The molecule has 0 spiro atoms. The Balaban J connectivity index is 3.23. The highest BCUT2D eigenvalue weighted by Gasteiger charge is 2.11. The Morgan fingerprint density at radius 1 is 1.29 bits per heavy atom. The Morgan fingerprint density at radius 2 is 1.93 bits per heavy atom. The molecule has 0 amide bonds. The largest absolute Gasteiger partial charge is 0.469 e. The van der Waals surface area contributed by atoms with Crippen molar-refractivity contribution >= 4 is 5.97 Å². The van der Waals surface area contributed by atoms with Gasteiger partial charge in [0.05, 0.1) is 13.0 Å². The third kappa shape index (κ3) is 6.89. The topological polar surface area (TPSA) is 35.5 Å². The van der Waals surface area contributed by atoms with E-state index in [9.17, 15) is 4.79 Å². The lowest BCUT2D eigenvalue weighted by atomic mass is 10.1. The van der Waals surface area contributed by atoms with Gasteiger partial charge in [-0.1, -0.05) is 20.3 Å². The highest BCUT2D eigenvalue weighted by atomic mass is 16.5. The molecule has 1 unspecified atom stereocenters. The lowest BCUT2D eigenvalue weighted by Crippen LogP contribution is -2.13. The third-order valence-electron chi connectivity index (χ3n) is 2.17. The van der Waals surface area contributed by atoms with Gasteiger partial charge in [0.15, 0.2) is 0 Å². The van der Waals surface area contributed by atoms with Crippen molar-refractivity contribution in [2.24, 2.45) is 5.92 Å². The first-order valence-electron chi connectivity index (χ1n) is 5.38. The number of methoxy groups -OCH3 is 1. The molecule has 0 aromatic heterocycles. The molecule has 14 heavy (non-hydrogen) atoms. The second-order valence-electron chi connectivity index (χ2n) is 3.53. The molecular weight excluding hydrogens is 180 g/mol. The number of ether oxygens (including phenoxy) is 2. The van der Waals surface area contributed by atoms with E-state index >= 15 is 0 Å². The average molecular weight is 202 g/mol. The lowest BCUT2D eigenvalue weighted by Gasteiger charge is -2.08. The van der Waals surface area contributed by atoms with Gasteiger partial charge in [0.2, 0.25) is 0 Å². The highest BCUT2D eigenvalue weighted by molar-refractivity contribution is 5.71. The van der Waals surface area contributed by atoms with E-state index in [4.69, 9.17) is 4.74 Å². The van der Waals surface area contributed by atoms with E-state index in [2.05, 4.69) is 11.7 Å². The summed E-state index contributed by atoms with van der Waals surface area (Å²) in [7, 11) is 1.43. The Labute approximate surface area is 86.8 Å². The SMILES string of the molecule is CCCCOCCCC(C)C(=O)OC. The second-order valence-corrected chi connectivity index (χ2v) is 3.53. The van der Waals surface area contributed by atoms with Crippen LogP contribution in [-0.2, 0) is 14.3 Å². The van der Waals surface area contributed by atoms with Crippen LogP contribution >= 0.6 is 0 Å². The predicted molar refractivity (Wildman–Crippen MR) is 56.1 cm³/mol. The van der Waals surface area contributed by atoms with Gasteiger partial charge in [-0.3, -0.25) is 4.79 Å². The summed E-state index contributed by atoms with van der Waals surface area (Å²) in [6, 6.07) is 0. The molecular formula is C11H22O3. The molecule has 0 aliphatic heterocycles. The molecule has 3 heteroatoms. The molecule has 0 aromatic rings. The molecule has 0 N–H and O–H groups in total. The van der Waals surface area contributed by atoms with Gasteiger partial charge in [-0.15, -0.1) is 0 Å². The summed E-state index contributed by atoms with van der Waals surface area (Å²) in [6.07, 6.45) is 4.06. The molecule has 0 aliphatic rings. The van der Waals surface area contributed by atoms with Gasteiger partial charge < -0.3 is 9.47 Å². The lowest BCUT2D eigenvalue weighted by molar-refractivity contribution is -0.145. The summed E-state index contributed by atoms with van der Waals surface area (Å²) in [4.78, 5) is 11.0. The molecule has 1 atom stereocenters. The Bertz CT molecular complexity index is 145. The van der Waals surface area contributed by atoms with Gasteiger partial charge in [-0.05, 0) is 19.3 Å². The van der Waals surface area contributed by atoms with E-state index in [1.165, 1.54) is 13.5 Å². The fourth-order valence-electron chi connectivity index (χ4n) is 1.16. The van der Waals surface area contributed by atoms with Gasteiger partial charge in [0, 0.05) is 13.2 Å². The molecule has 0 heterocycles. The van der Waals surface area contributed by atoms with Crippen LogP contribution in [0, 0.1) is 5.92 Å². The van der Waals surface area contributed by atoms with Crippen LogP contribution in [0.25, 0.3) is 0 Å². The van der Waals surface area contributed by atoms with Crippen molar-refractivity contribution in [2.45, 2.75) is 39.5 Å². The van der Waals surface area contributed by atoms with Crippen LogP contribution in [0.1, 0.15) is 39.5 Å². The van der Waals surface area contributed by atoms with Gasteiger partial charge in [0.25, 0.3) is 0 Å². The van der Waals surface area contributed by atoms with Gasteiger partial charge in [-0.25, -0.2) is 0 Å². The molecule has 0 fully saturated rings. The van der Waals surface area contributed by atoms with Crippen molar-refractivity contribution in [2.75, 3.05) is 20.3 Å². The normalized spacial score (nSPS) is 12.5. The summed E-state index contributed by atoms with van der Waals surface area (Å²) in [6.45, 7) is 5.62. The quantitative estimate of drug-likeness (QED) is 0.448. The monoisotopic (exact) mass is 202 g/mol. The minimum absolute atomic E-state index is 0.00484. The molecule has 0 rings (SSSR count). The first-order valence-corrected chi connectivity index (χ1v) is 5.38. The van der Waals surface area contributed by atoms with E-state index < -0.39 is 0 Å². The van der Waals surface area contributed by atoms with Gasteiger partial charge >= 0.3 is 5.97 Å². The summed E-state index contributed by atoms with van der Waals surface area (Å²) in [5.74, 6) is -0.131. The van der Waals surface area contributed by atoms with Crippen LogP contribution in [0.5, 0.6) is 0 Å². The third-order valence-corrected chi connectivity index (χ3v) is 2.17. The van der Waals surface area contributed by atoms with Gasteiger partial charge in [-0.2, -0.15) is 0 Å². The first kappa shape index (κ1) is 13.4. The molecule has 0 aromatic carbocycles. The van der Waals surface area contributed by atoms with E-state index in [0.717, 1.165) is 32.5 Å². The summed E-state index contributed by atoms with van der Waals surface area (Å²) < 4.78 is 10.0. The standard InChI is InChI=1S/C11H22O3/c1-4-5-8-14-9-6-7-10(2)11(12)13-3/h10H,4-9H2,1-3H3.